The van der Waals surface area contributed by atoms with Crippen molar-refractivity contribution >= 4 is 23.4 Å². The van der Waals surface area contributed by atoms with Gasteiger partial charge in [-0.05, 0) is 43.2 Å². The van der Waals surface area contributed by atoms with Crippen molar-refractivity contribution in [3.8, 4) is 0 Å². The molecule has 2 heterocycles. The number of carbonyl (C=O) groups excluding carboxylic acids is 1. The van der Waals surface area contributed by atoms with Crippen molar-refractivity contribution in [2.24, 2.45) is 10.7 Å². The summed E-state index contributed by atoms with van der Waals surface area (Å²) in [5.74, 6) is 0.537. The Bertz CT molecular complexity index is 514. The molecule has 1 saturated heterocycles. The minimum Gasteiger partial charge on any atom is -0.444 e. The highest BCUT2D eigenvalue weighted by atomic mass is 32.1. The van der Waals surface area contributed by atoms with Gasteiger partial charge in [-0.15, -0.1) is 0 Å². The third kappa shape index (κ3) is 4.91. The van der Waals surface area contributed by atoms with Crippen LogP contribution in [0, 0.1) is 0 Å². The largest absolute Gasteiger partial charge is 0.444 e. The molecule has 0 bridgehead atoms. The molecule has 0 saturated carbocycles. The molecule has 1 aromatic heterocycles. The lowest BCUT2D eigenvalue weighted by molar-refractivity contribution is 0.0186. The van der Waals surface area contributed by atoms with Crippen molar-refractivity contribution in [1.82, 2.24) is 9.80 Å². The summed E-state index contributed by atoms with van der Waals surface area (Å²) in [6, 6.07) is 2.04. The predicted molar refractivity (Wildman–Crippen MR) is 89.0 cm³/mol. The van der Waals surface area contributed by atoms with Gasteiger partial charge >= 0.3 is 6.09 Å². The molecule has 0 aliphatic carbocycles. The fourth-order valence-corrected chi connectivity index (χ4v) is 2.76. The van der Waals surface area contributed by atoms with Crippen LogP contribution in [0.3, 0.4) is 0 Å². The zero-order chi connectivity index (χ0) is 16.2. The monoisotopic (exact) mass is 324 g/mol. The number of nitrogens with zero attached hydrogens (tertiary/aromatic N) is 3. The molecule has 1 aliphatic rings. The summed E-state index contributed by atoms with van der Waals surface area (Å²) in [6.45, 7) is 8.77. The Morgan fingerprint density at radius 3 is 2.50 bits per heavy atom. The van der Waals surface area contributed by atoms with Crippen LogP contribution in [0.4, 0.5) is 4.79 Å². The van der Waals surface area contributed by atoms with E-state index in [9.17, 15) is 4.79 Å². The number of thiophene rings is 1. The maximum absolute atomic E-state index is 12.0. The lowest BCUT2D eigenvalue weighted by Crippen LogP contribution is -2.53. The summed E-state index contributed by atoms with van der Waals surface area (Å²) >= 11 is 1.65. The summed E-state index contributed by atoms with van der Waals surface area (Å²) in [5, 5.41) is 4.10. The molecule has 1 fully saturated rings. The maximum atomic E-state index is 12.0. The van der Waals surface area contributed by atoms with Gasteiger partial charge in [0.1, 0.15) is 5.60 Å². The number of amides is 1. The molecular weight excluding hydrogens is 300 g/mol. The van der Waals surface area contributed by atoms with E-state index in [-0.39, 0.29) is 6.09 Å². The molecule has 2 rings (SSSR count). The molecule has 1 aliphatic heterocycles. The van der Waals surface area contributed by atoms with Crippen LogP contribution in [-0.2, 0) is 11.3 Å². The summed E-state index contributed by atoms with van der Waals surface area (Å²) in [7, 11) is 0. The molecule has 0 unspecified atom stereocenters. The normalized spacial score (nSPS) is 16.8. The van der Waals surface area contributed by atoms with E-state index in [1.54, 1.807) is 16.2 Å². The van der Waals surface area contributed by atoms with E-state index in [0.29, 0.717) is 38.7 Å². The molecule has 6 nitrogen and oxygen atoms in total. The van der Waals surface area contributed by atoms with Crippen LogP contribution in [0.2, 0.25) is 0 Å². The number of guanidine groups is 1. The average Bonchev–Trinajstić information content (AvgIpc) is 2.96. The zero-order valence-electron chi connectivity index (χ0n) is 13.4. The summed E-state index contributed by atoms with van der Waals surface area (Å²) in [5.41, 5.74) is 6.74. The van der Waals surface area contributed by atoms with Gasteiger partial charge in [-0.2, -0.15) is 11.3 Å². The van der Waals surface area contributed by atoms with Crippen LogP contribution in [0.15, 0.2) is 21.8 Å². The Labute approximate surface area is 135 Å². The van der Waals surface area contributed by atoms with Crippen molar-refractivity contribution in [2.75, 3.05) is 26.2 Å². The van der Waals surface area contributed by atoms with Crippen molar-refractivity contribution in [1.29, 1.82) is 0 Å². The van der Waals surface area contributed by atoms with Gasteiger partial charge in [0.05, 0.1) is 6.54 Å². The van der Waals surface area contributed by atoms with Gasteiger partial charge in [-0.25, -0.2) is 9.79 Å². The quantitative estimate of drug-likeness (QED) is 0.668. The molecule has 7 heteroatoms. The van der Waals surface area contributed by atoms with Crippen LogP contribution < -0.4 is 5.73 Å². The van der Waals surface area contributed by atoms with Gasteiger partial charge in [-0.3, -0.25) is 0 Å². The van der Waals surface area contributed by atoms with E-state index in [2.05, 4.69) is 10.4 Å². The summed E-state index contributed by atoms with van der Waals surface area (Å²) < 4.78 is 5.38. The minimum absolute atomic E-state index is 0.263. The smallest absolute Gasteiger partial charge is 0.410 e. The molecule has 2 N–H and O–H groups in total. The number of hydrogen-bond acceptors (Lipinski definition) is 4. The van der Waals surface area contributed by atoms with Crippen molar-refractivity contribution in [3.63, 3.8) is 0 Å². The first kappa shape index (κ1) is 16.6. The number of rotatable bonds is 2. The molecule has 0 atom stereocenters. The van der Waals surface area contributed by atoms with E-state index in [4.69, 9.17) is 10.5 Å². The van der Waals surface area contributed by atoms with E-state index >= 15 is 0 Å². The Hall–Kier alpha value is -1.76. The fourth-order valence-electron chi connectivity index (χ4n) is 2.10. The summed E-state index contributed by atoms with van der Waals surface area (Å²) in [4.78, 5) is 20.1. The minimum atomic E-state index is -0.463. The molecule has 0 aromatic carbocycles. The van der Waals surface area contributed by atoms with Gasteiger partial charge in [0.15, 0.2) is 5.96 Å². The van der Waals surface area contributed by atoms with Gasteiger partial charge in [-0.1, -0.05) is 0 Å². The number of ether oxygens (including phenoxy) is 1. The zero-order valence-corrected chi connectivity index (χ0v) is 14.2. The molecule has 22 heavy (non-hydrogen) atoms. The molecule has 0 spiro atoms. The Morgan fingerprint density at radius 1 is 1.32 bits per heavy atom. The predicted octanol–water partition coefficient (Wildman–Crippen LogP) is 2.12. The second-order valence-corrected chi connectivity index (χ2v) is 7.04. The van der Waals surface area contributed by atoms with Crippen LogP contribution in [-0.4, -0.2) is 53.6 Å². The van der Waals surface area contributed by atoms with Gasteiger partial charge in [0, 0.05) is 26.2 Å². The maximum Gasteiger partial charge on any atom is 0.410 e. The third-order valence-corrected chi connectivity index (χ3v) is 3.99. The van der Waals surface area contributed by atoms with Crippen molar-refractivity contribution < 1.29 is 9.53 Å². The number of nitrogens with two attached hydrogens (primary N) is 1. The van der Waals surface area contributed by atoms with Gasteiger partial charge in [0.2, 0.25) is 0 Å². The first-order chi connectivity index (χ1) is 10.3. The molecule has 122 valence electrons. The highest BCUT2D eigenvalue weighted by Gasteiger charge is 2.26. The van der Waals surface area contributed by atoms with Crippen LogP contribution in [0.5, 0.6) is 0 Å². The van der Waals surface area contributed by atoms with Crippen LogP contribution >= 0.6 is 11.3 Å². The standard InChI is InChI=1S/C15H24N4O2S/c1-15(2,3)21-14(20)19-7-5-18(6-8-19)13(16)17-10-12-4-9-22-11-12/h4,9,11H,5-8,10H2,1-3H3,(H2,16,17). The van der Waals surface area contributed by atoms with E-state index in [0.717, 1.165) is 0 Å². The van der Waals surface area contributed by atoms with E-state index < -0.39 is 5.60 Å². The lowest BCUT2D eigenvalue weighted by atomic mass is 10.2. The SMILES string of the molecule is CC(C)(C)OC(=O)N1CCN(C(N)=NCc2ccsc2)CC1. The molecule has 1 amide bonds. The second kappa shape index (κ2) is 7.00. The van der Waals surface area contributed by atoms with E-state index in [1.165, 1.54) is 5.56 Å². The number of hydrogen-bond donors (Lipinski definition) is 1. The number of carbonyl (C=O) groups is 1. The van der Waals surface area contributed by atoms with Gasteiger partial charge < -0.3 is 20.3 Å². The highest BCUT2D eigenvalue weighted by Crippen LogP contribution is 2.12. The fraction of sp³-hybridized carbons (Fsp3) is 0.600. The van der Waals surface area contributed by atoms with Gasteiger partial charge in [0.25, 0.3) is 0 Å². The third-order valence-electron chi connectivity index (χ3n) is 3.26. The lowest BCUT2D eigenvalue weighted by Gasteiger charge is -2.36. The number of piperazine rings is 1. The Balaban J connectivity index is 1.81. The number of aliphatic imine (C=N–C) groups is 1. The van der Waals surface area contributed by atoms with Crippen LogP contribution in [0.1, 0.15) is 26.3 Å². The first-order valence-corrected chi connectivity index (χ1v) is 8.33. The average molecular weight is 324 g/mol. The molecule has 1 aromatic rings. The van der Waals surface area contributed by atoms with Crippen molar-refractivity contribution in [3.05, 3.63) is 22.4 Å². The topological polar surface area (TPSA) is 71.2 Å². The highest BCUT2D eigenvalue weighted by molar-refractivity contribution is 7.07. The Morgan fingerprint density at radius 2 is 1.95 bits per heavy atom. The van der Waals surface area contributed by atoms with Crippen LogP contribution in [0.25, 0.3) is 0 Å². The molecule has 0 radical (unpaired) electrons. The summed E-state index contributed by atoms with van der Waals surface area (Å²) in [6.07, 6.45) is -0.263. The van der Waals surface area contributed by atoms with E-state index in [1.807, 2.05) is 37.1 Å². The van der Waals surface area contributed by atoms with Crippen molar-refractivity contribution in [2.45, 2.75) is 32.9 Å². The first-order valence-electron chi connectivity index (χ1n) is 7.39. The Kier molecular flexibility index (Phi) is 5.28. The second-order valence-electron chi connectivity index (χ2n) is 6.26. The molecular formula is C15H24N4O2S.